The Labute approximate surface area is 112 Å². The van der Waals surface area contributed by atoms with E-state index >= 15 is 0 Å². The molecule has 0 aromatic carbocycles. The number of rotatable bonds is 1. The molecule has 2 rings (SSSR count). The first-order chi connectivity index (χ1) is 6.66. The number of halogens is 3. The minimum atomic E-state index is 0.500. The van der Waals surface area contributed by atoms with E-state index in [1.54, 1.807) is 17.5 Å². The number of nitrogens with zero attached hydrogens (tertiary/aromatic N) is 2. The largest absolute Gasteiger partial charge is 0.235 e. The summed E-state index contributed by atoms with van der Waals surface area (Å²) in [6.07, 6.45) is 1.72. The topological polar surface area (TPSA) is 25.8 Å². The summed E-state index contributed by atoms with van der Waals surface area (Å²) in [5, 5.41) is 0.500. The van der Waals surface area contributed by atoms with E-state index < -0.39 is 0 Å². The molecule has 0 radical (unpaired) electrons. The van der Waals surface area contributed by atoms with E-state index in [4.69, 9.17) is 11.6 Å². The number of hydrogen-bond donors (Lipinski definition) is 0. The molecule has 0 N–H and O–H groups in total. The SMILES string of the molecule is Clc1nc(-c2ccc(Br)s2)ncc1I. The highest BCUT2D eigenvalue weighted by molar-refractivity contribution is 14.1. The smallest absolute Gasteiger partial charge is 0.171 e. The van der Waals surface area contributed by atoms with Crippen molar-refractivity contribution >= 4 is 61.5 Å². The molecular formula is C8H3BrClIN2S. The summed E-state index contributed by atoms with van der Waals surface area (Å²) < 4.78 is 1.93. The van der Waals surface area contributed by atoms with Gasteiger partial charge in [0.2, 0.25) is 0 Å². The van der Waals surface area contributed by atoms with Crippen LogP contribution in [0.25, 0.3) is 10.7 Å². The van der Waals surface area contributed by atoms with E-state index in [0.29, 0.717) is 11.0 Å². The van der Waals surface area contributed by atoms with E-state index in [2.05, 4.69) is 48.5 Å². The summed E-state index contributed by atoms with van der Waals surface area (Å²) in [6.45, 7) is 0. The molecule has 0 spiro atoms. The molecule has 2 aromatic heterocycles. The van der Waals surface area contributed by atoms with Crippen LogP contribution in [0.4, 0.5) is 0 Å². The molecule has 14 heavy (non-hydrogen) atoms. The summed E-state index contributed by atoms with van der Waals surface area (Å²) in [4.78, 5) is 9.41. The van der Waals surface area contributed by atoms with E-state index in [1.165, 1.54) is 0 Å². The van der Waals surface area contributed by atoms with Gasteiger partial charge in [-0.15, -0.1) is 11.3 Å². The zero-order valence-electron chi connectivity index (χ0n) is 6.67. The normalized spacial score (nSPS) is 10.5. The quantitative estimate of drug-likeness (QED) is 0.528. The number of thiophene rings is 1. The lowest BCUT2D eigenvalue weighted by Crippen LogP contribution is -1.88. The van der Waals surface area contributed by atoms with Crippen LogP contribution < -0.4 is 0 Å². The minimum absolute atomic E-state index is 0.500. The highest BCUT2D eigenvalue weighted by Crippen LogP contribution is 2.30. The molecule has 0 aliphatic carbocycles. The fourth-order valence-electron chi connectivity index (χ4n) is 0.900. The minimum Gasteiger partial charge on any atom is -0.235 e. The molecular weight excluding hydrogens is 398 g/mol. The maximum Gasteiger partial charge on any atom is 0.171 e. The Balaban J connectivity index is 2.47. The Morgan fingerprint density at radius 2 is 2.21 bits per heavy atom. The van der Waals surface area contributed by atoms with Crippen LogP contribution in [0.3, 0.4) is 0 Å². The third-order valence-electron chi connectivity index (χ3n) is 1.49. The maximum absolute atomic E-state index is 5.90. The lowest BCUT2D eigenvalue weighted by atomic mass is 10.4. The van der Waals surface area contributed by atoms with Gasteiger partial charge in [-0.2, -0.15) is 0 Å². The zero-order chi connectivity index (χ0) is 10.1. The predicted molar refractivity (Wildman–Crippen MR) is 70.8 cm³/mol. The Hall–Kier alpha value is 0.280. The fraction of sp³-hybridized carbons (Fsp3) is 0. The molecule has 0 aliphatic rings. The van der Waals surface area contributed by atoms with Gasteiger partial charge in [0.05, 0.1) is 12.2 Å². The second-order valence-electron chi connectivity index (χ2n) is 2.44. The molecule has 0 amide bonds. The average Bonchev–Trinajstić information content (AvgIpc) is 2.57. The van der Waals surface area contributed by atoms with Crippen LogP contribution in [0.15, 0.2) is 22.1 Å². The van der Waals surface area contributed by atoms with Gasteiger partial charge >= 0.3 is 0 Å². The Morgan fingerprint density at radius 1 is 1.43 bits per heavy atom. The first-order valence-electron chi connectivity index (χ1n) is 3.60. The molecule has 2 heterocycles. The summed E-state index contributed by atoms with van der Waals surface area (Å²) in [6, 6.07) is 3.93. The maximum atomic E-state index is 5.90. The van der Waals surface area contributed by atoms with Gasteiger partial charge in [-0.3, -0.25) is 0 Å². The van der Waals surface area contributed by atoms with Crippen molar-refractivity contribution in [3.8, 4) is 10.7 Å². The lowest BCUT2D eigenvalue weighted by Gasteiger charge is -1.97. The molecule has 0 saturated carbocycles. The average molecular weight is 401 g/mol. The molecule has 0 aliphatic heterocycles. The molecule has 2 aromatic rings. The van der Waals surface area contributed by atoms with Crippen molar-refractivity contribution in [1.29, 1.82) is 0 Å². The lowest BCUT2D eigenvalue weighted by molar-refractivity contribution is 1.17. The van der Waals surface area contributed by atoms with Crippen molar-refractivity contribution in [1.82, 2.24) is 9.97 Å². The second kappa shape index (κ2) is 4.42. The summed E-state index contributed by atoms with van der Waals surface area (Å²) >= 11 is 13.0. The first-order valence-corrected chi connectivity index (χ1v) is 6.67. The van der Waals surface area contributed by atoms with Crippen molar-refractivity contribution in [2.45, 2.75) is 0 Å². The molecule has 0 unspecified atom stereocenters. The summed E-state index contributed by atoms with van der Waals surface area (Å²) in [5.74, 6) is 0.672. The highest BCUT2D eigenvalue weighted by Gasteiger charge is 2.06. The van der Waals surface area contributed by atoms with Crippen LogP contribution in [0.2, 0.25) is 5.15 Å². The first kappa shape index (κ1) is 10.8. The van der Waals surface area contributed by atoms with Gasteiger partial charge in [-0.1, -0.05) is 11.6 Å². The summed E-state index contributed by atoms with van der Waals surface area (Å²) in [5.41, 5.74) is 0. The van der Waals surface area contributed by atoms with Crippen LogP contribution in [-0.2, 0) is 0 Å². The van der Waals surface area contributed by atoms with Crippen molar-refractivity contribution < 1.29 is 0 Å². The zero-order valence-corrected chi connectivity index (χ0v) is 12.0. The molecule has 0 saturated heterocycles. The monoisotopic (exact) mass is 400 g/mol. The molecule has 0 atom stereocenters. The Bertz CT molecular complexity index is 474. The molecule has 0 bridgehead atoms. The molecule has 72 valence electrons. The van der Waals surface area contributed by atoms with Crippen LogP contribution in [0.5, 0.6) is 0 Å². The van der Waals surface area contributed by atoms with Gasteiger partial charge < -0.3 is 0 Å². The van der Waals surface area contributed by atoms with Crippen molar-refractivity contribution in [2.24, 2.45) is 0 Å². The third kappa shape index (κ3) is 2.26. The van der Waals surface area contributed by atoms with E-state index in [1.807, 2.05) is 12.1 Å². The van der Waals surface area contributed by atoms with Gasteiger partial charge in [0.25, 0.3) is 0 Å². The Kier molecular flexibility index (Phi) is 3.41. The Morgan fingerprint density at radius 3 is 2.79 bits per heavy atom. The number of hydrogen-bond acceptors (Lipinski definition) is 3. The molecule has 0 fully saturated rings. The molecule has 6 heteroatoms. The highest BCUT2D eigenvalue weighted by atomic mass is 127. The van der Waals surface area contributed by atoms with Crippen molar-refractivity contribution in [3.05, 3.63) is 30.8 Å². The van der Waals surface area contributed by atoms with Gasteiger partial charge in [-0.05, 0) is 50.7 Å². The van der Waals surface area contributed by atoms with E-state index in [0.717, 1.165) is 12.2 Å². The van der Waals surface area contributed by atoms with Gasteiger partial charge in [-0.25, -0.2) is 9.97 Å². The van der Waals surface area contributed by atoms with E-state index in [9.17, 15) is 0 Å². The standard InChI is InChI=1S/C8H3BrClIN2S/c9-6-2-1-5(14-6)8-12-3-4(11)7(10)13-8/h1-3H. The van der Waals surface area contributed by atoms with Gasteiger partial charge in [0.1, 0.15) is 5.15 Å². The predicted octanol–water partition coefficient (Wildman–Crippen LogP) is 4.23. The van der Waals surface area contributed by atoms with Crippen LogP contribution in [0.1, 0.15) is 0 Å². The molecule has 2 nitrogen and oxygen atoms in total. The van der Waals surface area contributed by atoms with Crippen molar-refractivity contribution in [3.63, 3.8) is 0 Å². The van der Waals surface area contributed by atoms with E-state index in [-0.39, 0.29) is 0 Å². The van der Waals surface area contributed by atoms with Crippen LogP contribution >= 0.6 is 61.5 Å². The van der Waals surface area contributed by atoms with Crippen LogP contribution in [-0.4, -0.2) is 9.97 Å². The van der Waals surface area contributed by atoms with Crippen LogP contribution in [0, 0.1) is 3.57 Å². The second-order valence-corrected chi connectivity index (χ2v) is 6.42. The van der Waals surface area contributed by atoms with Gasteiger partial charge in [0.15, 0.2) is 5.82 Å². The fourth-order valence-corrected chi connectivity index (χ4v) is 2.62. The third-order valence-corrected chi connectivity index (χ3v) is 4.51. The summed E-state index contributed by atoms with van der Waals surface area (Å²) in [7, 11) is 0. The van der Waals surface area contributed by atoms with Crippen molar-refractivity contribution in [2.75, 3.05) is 0 Å². The number of aromatic nitrogens is 2. The van der Waals surface area contributed by atoms with Gasteiger partial charge in [0, 0.05) is 6.20 Å².